The van der Waals surface area contributed by atoms with E-state index in [1.54, 1.807) is 0 Å². The Bertz CT molecular complexity index is 2170. The zero-order valence-electron chi connectivity index (χ0n) is 32.0. The summed E-state index contributed by atoms with van der Waals surface area (Å²) in [6.45, 7) is 21.1. The molecule has 273 valence electrons. The maximum atomic E-state index is 12.2. The topological polar surface area (TPSA) is 63.3 Å². The number of aromatic nitrogens is 1. The molecule has 6 rings (SSSR count). The molecule has 1 N–H and O–H groups in total. The minimum atomic E-state index is -0.337. The fraction of sp³-hybridized carbons (Fsp3) is 0.422. The monoisotopic (exact) mass is 881 g/mol. The Labute approximate surface area is 322 Å². The maximum absolute atomic E-state index is 12.2. The van der Waals surface area contributed by atoms with Crippen molar-refractivity contribution in [3.05, 3.63) is 90.0 Å². The molecule has 0 spiro atoms. The second-order valence-corrected chi connectivity index (χ2v) is 16.3. The predicted molar refractivity (Wildman–Crippen MR) is 214 cm³/mol. The van der Waals surface area contributed by atoms with Crippen molar-refractivity contribution in [3.8, 4) is 11.3 Å². The van der Waals surface area contributed by atoms with Gasteiger partial charge in [-0.3, -0.25) is 9.78 Å². The Hall–Kier alpha value is -3.31. The standard InChI is InChI=1S/C30H26NOS.C15H28O2.Ir/c1-5-8-19-17-32-24-11-12-25-27(26(19)24)22-13-14-31-28(29(22)33-25)20-15-18-9-6-7-10-21(18)23(16-20)30(2,3)4;1-7-14(5,8-2)12(16)11-13(17)15(6,9-3)10-4;/h6-7,9-14,16-17H,5,8H2,1-4H3;11,16H,7-10H2,1-6H3;/q-1;;/b;12-11-;. The molecule has 0 amide bonds. The van der Waals surface area contributed by atoms with Crippen LogP contribution in [0.25, 0.3) is 53.2 Å². The van der Waals surface area contributed by atoms with Gasteiger partial charge in [-0.15, -0.1) is 40.5 Å². The minimum absolute atomic E-state index is 0. The number of fused-ring (bicyclic) bond motifs is 6. The van der Waals surface area contributed by atoms with Gasteiger partial charge in [0.1, 0.15) is 11.3 Å². The van der Waals surface area contributed by atoms with Crippen LogP contribution in [0.3, 0.4) is 0 Å². The molecule has 0 fully saturated rings. The van der Waals surface area contributed by atoms with Gasteiger partial charge in [-0.25, -0.2) is 0 Å². The number of aliphatic hydroxyl groups excluding tert-OH is 1. The normalized spacial score (nSPS) is 12.7. The summed E-state index contributed by atoms with van der Waals surface area (Å²) in [6.07, 6.45) is 10.8. The zero-order chi connectivity index (χ0) is 36.4. The molecule has 1 radical (unpaired) electrons. The van der Waals surface area contributed by atoms with Crippen molar-refractivity contribution >= 4 is 59.0 Å². The Kier molecular flexibility index (Phi) is 12.8. The molecular weight excluding hydrogens is 827 g/mol. The smallest absolute Gasteiger partial charge is 0.164 e. The van der Waals surface area contributed by atoms with Gasteiger partial charge in [0.25, 0.3) is 0 Å². The van der Waals surface area contributed by atoms with Gasteiger partial charge in [0.15, 0.2) is 5.78 Å². The van der Waals surface area contributed by atoms with Gasteiger partial charge in [-0.1, -0.05) is 105 Å². The van der Waals surface area contributed by atoms with E-state index in [4.69, 9.17) is 9.40 Å². The fourth-order valence-corrected chi connectivity index (χ4v) is 7.90. The SMILES string of the molecule is CCC(C)(CC)C(=O)/C=C(\O)C(C)(CC)CC.CCCc1coc2ccc3sc4c(-c5[c-]c6ccccc6c(C(C)(C)C)c5)nccc4c3c12.[Ir]. The molecule has 0 saturated heterocycles. The molecule has 4 nitrogen and oxygen atoms in total. The number of hydrogen-bond donors (Lipinski definition) is 1. The second kappa shape index (κ2) is 16.1. The first-order valence-corrected chi connectivity index (χ1v) is 19.2. The van der Waals surface area contributed by atoms with E-state index in [2.05, 4.69) is 82.3 Å². The van der Waals surface area contributed by atoms with Crippen molar-refractivity contribution < 1.29 is 34.4 Å². The summed E-state index contributed by atoms with van der Waals surface area (Å²) in [4.78, 5) is 17.1. The molecule has 0 saturated carbocycles. The summed E-state index contributed by atoms with van der Waals surface area (Å²) in [6, 6.07) is 21.0. The van der Waals surface area contributed by atoms with Crippen LogP contribution in [-0.2, 0) is 36.7 Å². The molecule has 3 heterocycles. The van der Waals surface area contributed by atoms with Gasteiger partial charge in [0.05, 0.1) is 6.26 Å². The van der Waals surface area contributed by atoms with E-state index in [0.717, 1.165) is 60.8 Å². The summed E-state index contributed by atoms with van der Waals surface area (Å²) in [5.41, 5.74) is 5.09. The fourth-order valence-electron chi connectivity index (χ4n) is 6.69. The van der Waals surface area contributed by atoms with E-state index >= 15 is 0 Å². The number of aryl methyl sites for hydroxylation is 1. The van der Waals surface area contributed by atoms with Gasteiger partial charge in [-0.2, -0.15) is 0 Å². The van der Waals surface area contributed by atoms with E-state index < -0.39 is 0 Å². The molecule has 0 aliphatic carbocycles. The first kappa shape index (κ1) is 40.5. The van der Waals surface area contributed by atoms with Crippen LogP contribution in [-0.4, -0.2) is 15.9 Å². The molecule has 3 aromatic heterocycles. The summed E-state index contributed by atoms with van der Waals surface area (Å²) >= 11 is 1.82. The third-order valence-electron chi connectivity index (χ3n) is 11.1. The first-order chi connectivity index (χ1) is 23.7. The maximum Gasteiger partial charge on any atom is 0.164 e. The van der Waals surface area contributed by atoms with E-state index in [1.807, 2.05) is 65.3 Å². The molecule has 6 aromatic rings. The van der Waals surface area contributed by atoms with Gasteiger partial charge in [0.2, 0.25) is 0 Å². The molecule has 6 heteroatoms. The van der Waals surface area contributed by atoms with Crippen LogP contribution in [0, 0.1) is 16.9 Å². The quantitative estimate of drug-likeness (QED) is 0.0846. The van der Waals surface area contributed by atoms with Crippen LogP contribution in [0.2, 0.25) is 0 Å². The predicted octanol–water partition coefficient (Wildman–Crippen LogP) is 13.7. The first-order valence-electron chi connectivity index (χ1n) is 18.4. The number of pyridine rings is 1. The van der Waals surface area contributed by atoms with Crippen LogP contribution in [0.4, 0.5) is 0 Å². The van der Waals surface area contributed by atoms with E-state index in [-0.39, 0.29) is 47.9 Å². The number of allylic oxidation sites excluding steroid dienone is 2. The van der Waals surface area contributed by atoms with Crippen molar-refractivity contribution in [2.24, 2.45) is 10.8 Å². The molecule has 0 aliphatic rings. The Morgan fingerprint density at radius 2 is 1.55 bits per heavy atom. The number of carbonyl (C=O) groups is 1. The van der Waals surface area contributed by atoms with Gasteiger partial charge < -0.3 is 9.52 Å². The van der Waals surface area contributed by atoms with Crippen molar-refractivity contribution in [2.45, 2.75) is 113 Å². The van der Waals surface area contributed by atoms with E-state index in [9.17, 15) is 9.90 Å². The number of nitrogens with zero attached hydrogens (tertiary/aromatic N) is 1. The van der Waals surface area contributed by atoms with E-state index in [0.29, 0.717) is 0 Å². The van der Waals surface area contributed by atoms with Gasteiger partial charge in [-0.05, 0) is 66.7 Å². The Morgan fingerprint density at radius 3 is 2.18 bits per heavy atom. The zero-order valence-corrected chi connectivity index (χ0v) is 35.3. The second-order valence-electron chi connectivity index (χ2n) is 15.3. The summed E-state index contributed by atoms with van der Waals surface area (Å²) in [7, 11) is 0. The van der Waals surface area contributed by atoms with Gasteiger partial charge in [0, 0.05) is 69.1 Å². The third kappa shape index (κ3) is 7.89. The van der Waals surface area contributed by atoms with Crippen LogP contribution in [0.1, 0.15) is 112 Å². The largest absolute Gasteiger partial charge is 0.512 e. The Balaban J connectivity index is 0.000000279. The summed E-state index contributed by atoms with van der Waals surface area (Å²) < 4.78 is 8.42. The number of ketones is 1. The van der Waals surface area contributed by atoms with E-state index in [1.165, 1.54) is 48.1 Å². The number of rotatable bonds is 10. The van der Waals surface area contributed by atoms with Crippen LogP contribution >= 0.6 is 11.3 Å². The van der Waals surface area contributed by atoms with Crippen molar-refractivity contribution in [1.82, 2.24) is 4.98 Å². The van der Waals surface area contributed by atoms with Crippen molar-refractivity contribution in [3.63, 3.8) is 0 Å². The number of thiophene rings is 1. The van der Waals surface area contributed by atoms with Gasteiger partial charge >= 0.3 is 0 Å². The summed E-state index contributed by atoms with van der Waals surface area (Å²) in [5.74, 6) is 0.286. The van der Waals surface area contributed by atoms with Crippen LogP contribution in [0.15, 0.2) is 77.2 Å². The molecule has 0 bridgehead atoms. The molecular formula is C45H54IrNO3S-. The molecule has 0 unspecified atom stereocenters. The molecule has 0 atom stereocenters. The number of furan rings is 1. The molecule has 0 aliphatic heterocycles. The average molecular weight is 881 g/mol. The average Bonchev–Trinajstić information content (AvgIpc) is 3.71. The number of aliphatic hydroxyl groups is 1. The minimum Gasteiger partial charge on any atom is -0.512 e. The summed E-state index contributed by atoms with van der Waals surface area (Å²) in [5, 5.41) is 16.3. The van der Waals surface area contributed by atoms with Crippen molar-refractivity contribution in [1.29, 1.82) is 0 Å². The third-order valence-corrected chi connectivity index (χ3v) is 12.3. The number of benzene rings is 3. The molecule has 51 heavy (non-hydrogen) atoms. The van der Waals surface area contributed by atoms with Crippen molar-refractivity contribution in [2.75, 3.05) is 0 Å². The Morgan fingerprint density at radius 1 is 0.882 bits per heavy atom. The number of hydrogen-bond acceptors (Lipinski definition) is 5. The molecule has 3 aromatic carbocycles. The van der Waals surface area contributed by atoms with Crippen LogP contribution in [0.5, 0.6) is 0 Å². The number of carbonyl (C=O) groups excluding carboxylic acids is 1. The van der Waals surface area contributed by atoms with Crippen LogP contribution < -0.4 is 0 Å².